The van der Waals surface area contributed by atoms with Crippen LogP contribution in [0.5, 0.6) is 0 Å². The van der Waals surface area contributed by atoms with Crippen LogP contribution in [0.15, 0.2) is 29.5 Å². The van der Waals surface area contributed by atoms with Gasteiger partial charge in [0.1, 0.15) is 11.6 Å². The normalized spacial score (nSPS) is 25.8. The van der Waals surface area contributed by atoms with Crippen molar-refractivity contribution in [1.29, 1.82) is 0 Å². The molecule has 0 bridgehead atoms. The molecular formula is C18H21N5O. The van der Waals surface area contributed by atoms with Gasteiger partial charge >= 0.3 is 0 Å². The fraction of sp³-hybridized carbons (Fsp3) is 0.444. The molecule has 0 radical (unpaired) electrons. The van der Waals surface area contributed by atoms with Gasteiger partial charge in [0.25, 0.3) is 0 Å². The largest absolute Gasteiger partial charge is 0.369 e. The van der Waals surface area contributed by atoms with Gasteiger partial charge in [0.2, 0.25) is 5.91 Å². The predicted molar refractivity (Wildman–Crippen MR) is 94.3 cm³/mol. The second-order valence-corrected chi connectivity index (χ2v) is 6.73. The zero-order chi connectivity index (χ0) is 16.7. The Hall–Kier alpha value is -2.50. The number of aromatic nitrogens is 2. The number of nitrogens with zero attached hydrogens (tertiary/aromatic N) is 4. The van der Waals surface area contributed by atoms with Crippen molar-refractivity contribution in [3.8, 4) is 0 Å². The van der Waals surface area contributed by atoms with Gasteiger partial charge in [-0.3, -0.25) is 19.8 Å². The van der Waals surface area contributed by atoms with Crippen molar-refractivity contribution in [3.05, 3.63) is 30.1 Å². The summed E-state index contributed by atoms with van der Waals surface area (Å²) in [4.78, 5) is 27.8. The second kappa shape index (κ2) is 5.85. The predicted octanol–water partition coefficient (Wildman–Crippen LogP) is 1.96. The van der Waals surface area contributed by atoms with Crippen molar-refractivity contribution in [2.24, 2.45) is 16.8 Å². The van der Waals surface area contributed by atoms with E-state index in [0.717, 1.165) is 41.8 Å². The number of carbonyl (C=O) groups is 1. The lowest BCUT2D eigenvalue weighted by molar-refractivity contribution is -0.125. The number of aliphatic imine (C=N–C) groups is 1. The summed E-state index contributed by atoms with van der Waals surface area (Å²) in [6.45, 7) is 3.84. The Kier molecular flexibility index (Phi) is 3.67. The van der Waals surface area contributed by atoms with Gasteiger partial charge < -0.3 is 10.2 Å². The van der Waals surface area contributed by atoms with Gasteiger partial charge in [-0.2, -0.15) is 0 Å². The first-order valence-electron chi connectivity index (χ1n) is 8.41. The first-order valence-corrected chi connectivity index (χ1v) is 8.41. The van der Waals surface area contributed by atoms with Gasteiger partial charge in [0.05, 0.1) is 17.1 Å². The van der Waals surface area contributed by atoms with E-state index in [-0.39, 0.29) is 17.9 Å². The molecular weight excluding hydrogens is 302 g/mol. The minimum Gasteiger partial charge on any atom is -0.369 e. The molecule has 0 spiro atoms. The maximum Gasteiger partial charge on any atom is 0.224 e. The number of hydrogen-bond acceptors (Lipinski definition) is 5. The highest BCUT2D eigenvalue weighted by Crippen LogP contribution is 2.36. The maximum atomic E-state index is 12.1. The van der Waals surface area contributed by atoms with Gasteiger partial charge in [-0.25, -0.2) is 0 Å². The average Bonchev–Trinajstić information content (AvgIpc) is 3.44. The third kappa shape index (κ3) is 2.62. The molecule has 1 aromatic heterocycles. The number of hydrogen-bond donors (Lipinski definition) is 1. The third-order valence-electron chi connectivity index (χ3n) is 4.87. The maximum absolute atomic E-state index is 12.1. The highest BCUT2D eigenvalue weighted by atomic mass is 16.1. The standard InChI is InChI=1S/C18H21N5O/c1-11-7-12(18(24)19-2)10-23(9-11)15-4-3-13(14-8-22-14)16-17(15)21-6-5-20-16/h3-6,8,11-12,14H,7,9-10H2,1-2H3,(H,19,24). The number of nitrogens with one attached hydrogen (secondary N) is 1. The SMILES string of the molecule is CNC(=O)C1CC(C)CN(c2ccc(C3C=N3)c3nccnc23)C1. The molecule has 1 fully saturated rings. The summed E-state index contributed by atoms with van der Waals surface area (Å²) >= 11 is 0. The summed E-state index contributed by atoms with van der Waals surface area (Å²) in [7, 11) is 1.71. The number of anilines is 1. The van der Waals surface area contributed by atoms with E-state index in [2.05, 4.69) is 44.2 Å². The molecule has 0 aliphatic carbocycles. The molecule has 4 rings (SSSR count). The number of benzene rings is 1. The lowest BCUT2D eigenvalue weighted by Crippen LogP contribution is -2.45. The topological polar surface area (TPSA) is 70.5 Å². The van der Waals surface area contributed by atoms with Crippen LogP contribution in [0.2, 0.25) is 0 Å². The van der Waals surface area contributed by atoms with Gasteiger partial charge in [-0.05, 0) is 18.4 Å². The van der Waals surface area contributed by atoms with E-state index in [1.807, 2.05) is 6.21 Å². The highest BCUT2D eigenvalue weighted by molar-refractivity contribution is 5.95. The van der Waals surface area contributed by atoms with Crippen LogP contribution < -0.4 is 10.2 Å². The molecule has 0 saturated carbocycles. The lowest BCUT2D eigenvalue weighted by Gasteiger charge is -2.37. The molecule has 24 heavy (non-hydrogen) atoms. The monoisotopic (exact) mass is 323 g/mol. The Bertz CT molecular complexity index is 812. The second-order valence-electron chi connectivity index (χ2n) is 6.73. The molecule has 2 aliphatic rings. The first kappa shape index (κ1) is 15.1. The van der Waals surface area contributed by atoms with E-state index < -0.39 is 0 Å². The van der Waals surface area contributed by atoms with Crippen molar-refractivity contribution in [3.63, 3.8) is 0 Å². The quantitative estimate of drug-likeness (QED) is 0.937. The van der Waals surface area contributed by atoms with E-state index in [9.17, 15) is 4.79 Å². The van der Waals surface area contributed by atoms with Gasteiger partial charge in [0.15, 0.2) is 0 Å². The van der Waals surface area contributed by atoms with Crippen LogP contribution in [0.25, 0.3) is 11.0 Å². The number of rotatable bonds is 3. The smallest absolute Gasteiger partial charge is 0.224 e. The molecule has 3 unspecified atom stereocenters. The summed E-state index contributed by atoms with van der Waals surface area (Å²) in [5, 5.41) is 2.79. The molecule has 6 heteroatoms. The molecule has 6 nitrogen and oxygen atoms in total. The summed E-state index contributed by atoms with van der Waals surface area (Å²) < 4.78 is 0. The number of amides is 1. The molecule has 1 N–H and O–H groups in total. The number of carbonyl (C=O) groups excluding carboxylic acids is 1. The fourth-order valence-electron chi connectivity index (χ4n) is 3.70. The van der Waals surface area contributed by atoms with Gasteiger partial charge in [-0.1, -0.05) is 13.0 Å². The van der Waals surface area contributed by atoms with Crippen LogP contribution in [0, 0.1) is 11.8 Å². The van der Waals surface area contributed by atoms with E-state index >= 15 is 0 Å². The Morgan fingerprint density at radius 1 is 1.21 bits per heavy atom. The van der Waals surface area contributed by atoms with Crippen LogP contribution in [0.3, 0.4) is 0 Å². The summed E-state index contributed by atoms with van der Waals surface area (Å²) in [5.41, 5.74) is 3.97. The van der Waals surface area contributed by atoms with Crippen molar-refractivity contribution < 1.29 is 4.79 Å². The molecule has 1 aromatic carbocycles. The minimum atomic E-state index is 0.0110. The van der Waals surface area contributed by atoms with Crippen molar-refractivity contribution in [1.82, 2.24) is 15.3 Å². The Balaban J connectivity index is 1.73. The third-order valence-corrected chi connectivity index (χ3v) is 4.87. The summed E-state index contributed by atoms with van der Waals surface area (Å²) in [5.74, 6) is 0.584. The molecule has 3 heterocycles. The summed E-state index contributed by atoms with van der Waals surface area (Å²) in [6.07, 6.45) is 6.30. The first-order chi connectivity index (χ1) is 11.7. The van der Waals surface area contributed by atoms with E-state index in [1.54, 1.807) is 19.4 Å². The Morgan fingerprint density at radius 2 is 1.96 bits per heavy atom. The van der Waals surface area contributed by atoms with Gasteiger partial charge in [-0.15, -0.1) is 0 Å². The van der Waals surface area contributed by atoms with Gasteiger partial charge in [0, 0.05) is 44.3 Å². The van der Waals surface area contributed by atoms with Crippen molar-refractivity contribution in [2.45, 2.75) is 19.4 Å². The highest BCUT2D eigenvalue weighted by Gasteiger charge is 2.31. The Morgan fingerprint density at radius 3 is 2.67 bits per heavy atom. The zero-order valence-electron chi connectivity index (χ0n) is 13.9. The molecule has 2 aromatic rings. The van der Waals surface area contributed by atoms with Crippen LogP contribution >= 0.6 is 0 Å². The van der Waals surface area contributed by atoms with Crippen LogP contribution in [0.4, 0.5) is 5.69 Å². The van der Waals surface area contributed by atoms with Crippen LogP contribution in [-0.4, -0.2) is 42.2 Å². The van der Waals surface area contributed by atoms with Crippen molar-refractivity contribution >= 4 is 28.8 Å². The molecule has 2 aliphatic heterocycles. The van der Waals surface area contributed by atoms with Crippen molar-refractivity contribution in [2.75, 3.05) is 25.0 Å². The minimum absolute atomic E-state index is 0.0110. The average molecular weight is 323 g/mol. The van der Waals surface area contributed by atoms with E-state index in [4.69, 9.17) is 0 Å². The van der Waals surface area contributed by atoms with Crippen LogP contribution in [-0.2, 0) is 4.79 Å². The lowest BCUT2D eigenvalue weighted by atomic mass is 9.89. The molecule has 124 valence electrons. The summed E-state index contributed by atoms with van der Waals surface area (Å²) in [6, 6.07) is 4.35. The van der Waals surface area contributed by atoms with Crippen LogP contribution in [0.1, 0.15) is 24.9 Å². The molecule has 1 saturated heterocycles. The van der Waals surface area contributed by atoms with E-state index in [0.29, 0.717) is 5.92 Å². The number of piperidine rings is 1. The molecule has 3 atom stereocenters. The zero-order valence-corrected chi connectivity index (χ0v) is 13.9. The number of fused-ring (bicyclic) bond motifs is 1. The fourth-order valence-corrected chi connectivity index (χ4v) is 3.70. The van der Waals surface area contributed by atoms with E-state index in [1.165, 1.54) is 0 Å². The molecule has 1 amide bonds. The Labute approximate surface area is 141 Å².